The van der Waals surface area contributed by atoms with Gasteiger partial charge >= 0.3 is 0 Å². The Kier molecular flexibility index (Phi) is 3.31. The van der Waals surface area contributed by atoms with Crippen molar-refractivity contribution in [2.45, 2.75) is 26.7 Å². The SMILES string of the molecule is Cc1n[nH]c(C)c1C(=O)N1CCN(CC2CC2)CC1. The molecular formula is C14H22N4O. The van der Waals surface area contributed by atoms with Crippen LogP contribution in [0.1, 0.15) is 34.6 Å². The molecule has 1 aromatic rings. The van der Waals surface area contributed by atoms with E-state index < -0.39 is 0 Å². The maximum Gasteiger partial charge on any atom is 0.257 e. The van der Waals surface area contributed by atoms with Crippen LogP contribution >= 0.6 is 0 Å². The van der Waals surface area contributed by atoms with Crippen LogP contribution in [0.4, 0.5) is 0 Å². The molecule has 0 unspecified atom stereocenters. The normalized spacial score (nSPS) is 20.8. The zero-order valence-corrected chi connectivity index (χ0v) is 11.8. The lowest BCUT2D eigenvalue weighted by Crippen LogP contribution is -2.49. The molecule has 0 bridgehead atoms. The molecule has 0 radical (unpaired) electrons. The van der Waals surface area contributed by atoms with Gasteiger partial charge in [0.05, 0.1) is 11.3 Å². The summed E-state index contributed by atoms with van der Waals surface area (Å²) < 4.78 is 0. The van der Waals surface area contributed by atoms with Gasteiger partial charge in [-0.2, -0.15) is 5.10 Å². The Morgan fingerprint density at radius 2 is 1.95 bits per heavy atom. The summed E-state index contributed by atoms with van der Waals surface area (Å²) >= 11 is 0. The van der Waals surface area contributed by atoms with Crippen LogP contribution in [0.3, 0.4) is 0 Å². The number of carbonyl (C=O) groups is 1. The molecule has 1 aromatic heterocycles. The van der Waals surface area contributed by atoms with E-state index in [-0.39, 0.29) is 5.91 Å². The quantitative estimate of drug-likeness (QED) is 0.890. The van der Waals surface area contributed by atoms with Crippen LogP contribution in [0.5, 0.6) is 0 Å². The lowest BCUT2D eigenvalue weighted by molar-refractivity contribution is 0.0630. The highest BCUT2D eigenvalue weighted by molar-refractivity contribution is 5.96. The number of H-pyrrole nitrogens is 1. The molecule has 19 heavy (non-hydrogen) atoms. The van der Waals surface area contributed by atoms with Crippen LogP contribution in [-0.4, -0.2) is 58.6 Å². The van der Waals surface area contributed by atoms with Gasteiger partial charge in [0.1, 0.15) is 0 Å². The first-order chi connectivity index (χ1) is 9.15. The zero-order valence-electron chi connectivity index (χ0n) is 11.8. The van der Waals surface area contributed by atoms with Gasteiger partial charge in [-0.3, -0.25) is 14.8 Å². The number of aromatic amines is 1. The van der Waals surface area contributed by atoms with E-state index >= 15 is 0 Å². The smallest absolute Gasteiger partial charge is 0.257 e. The monoisotopic (exact) mass is 262 g/mol. The summed E-state index contributed by atoms with van der Waals surface area (Å²) in [4.78, 5) is 17.0. The molecule has 5 nitrogen and oxygen atoms in total. The summed E-state index contributed by atoms with van der Waals surface area (Å²) in [5.74, 6) is 1.07. The van der Waals surface area contributed by atoms with Crippen LogP contribution < -0.4 is 0 Å². The van der Waals surface area contributed by atoms with Crippen LogP contribution in [0, 0.1) is 19.8 Å². The van der Waals surface area contributed by atoms with Crippen molar-refractivity contribution in [1.82, 2.24) is 20.0 Å². The van der Waals surface area contributed by atoms with E-state index in [9.17, 15) is 4.79 Å². The highest BCUT2D eigenvalue weighted by Gasteiger charge is 2.29. The fourth-order valence-corrected chi connectivity index (χ4v) is 2.82. The average molecular weight is 262 g/mol. The molecular weight excluding hydrogens is 240 g/mol. The molecule has 0 aromatic carbocycles. The summed E-state index contributed by atoms with van der Waals surface area (Å²) in [7, 11) is 0. The maximum atomic E-state index is 12.5. The number of aryl methyl sites for hydroxylation is 2. The Morgan fingerprint density at radius 1 is 1.26 bits per heavy atom. The maximum absolute atomic E-state index is 12.5. The van der Waals surface area contributed by atoms with E-state index in [1.54, 1.807) is 0 Å². The Labute approximate surface area is 114 Å². The van der Waals surface area contributed by atoms with E-state index in [0.717, 1.165) is 49.0 Å². The fourth-order valence-electron chi connectivity index (χ4n) is 2.82. The van der Waals surface area contributed by atoms with Gasteiger partial charge in [-0.05, 0) is 32.6 Å². The van der Waals surface area contributed by atoms with Gasteiger partial charge in [0.2, 0.25) is 0 Å². The molecule has 3 rings (SSSR count). The van der Waals surface area contributed by atoms with Gasteiger partial charge in [0.25, 0.3) is 5.91 Å². The van der Waals surface area contributed by atoms with Crippen molar-refractivity contribution in [3.05, 3.63) is 17.0 Å². The molecule has 1 aliphatic carbocycles. The second kappa shape index (κ2) is 4.96. The summed E-state index contributed by atoms with van der Waals surface area (Å²) in [5, 5.41) is 7.00. The first kappa shape index (κ1) is 12.7. The average Bonchev–Trinajstić information content (AvgIpc) is 3.15. The summed E-state index contributed by atoms with van der Waals surface area (Å²) in [6.45, 7) is 8.74. The first-order valence-electron chi connectivity index (χ1n) is 7.18. The zero-order chi connectivity index (χ0) is 13.4. The number of hydrogen-bond acceptors (Lipinski definition) is 3. The number of nitrogens with one attached hydrogen (secondary N) is 1. The van der Waals surface area contributed by atoms with Crippen LogP contribution in [0.15, 0.2) is 0 Å². The van der Waals surface area contributed by atoms with Gasteiger partial charge < -0.3 is 4.90 Å². The minimum absolute atomic E-state index is 0.134. The third-order valence-corrected chi connectivity index (χ3v) is 4.21. The number of piperazine rings is 1. The van der Waals surface area contributed by atoms with Gasteiger partial charge in [0, 0.05) is 38.4 Å². The number of aromatic nitrogens is 2. The third-order valence-electron chi connectivity index (χ3n) is 4.21. The minimum atomic E-state index is 0.134. The second-order valence-corrected chi connectivity index (χ2v) is 5.85. The molecule has 104 valence electrons. The molecule has 0 spiro atoms. The molecule has 0 atom stereocenters. The molecule has 1 amide bonds. The van der Waals surface area contributed by atoms with Crippen molar-refractivity contribution in [2.24, 2.45) is 5.92 Å². The minimum Gasteiger partial charge on any atom is -0.336 e. The van der Waals surface area contributed by atoms with E-state index in [2.05, 4.69) is 15.1 Å². The Balaban J connectivity index is 1.60. The van der Waals surface area contributed by atoms with Crippen LogP contribution in [0.25, 0.3) is 0 Å². The lowest BCUT2D eigenvalue weighted by atomic mass is 10.1. The van der Waals surface area contributed by atoms with Gasteiger partial charge in [0.15, 0.2) is 0 Å². The van der Waals surface area contributed by atoms with Gasteiger partial charge in [-0.1, -0.05) is 0 Å². The van der Waals surface area contributed by atoms with E-state index in [4.69, 9.17) is 0 Å². The lowest BCUT2D eigenvalue weighted by Gasteiger charge is -2.34. The topological polar surface area (TPSA) is 52.2 Å². The highest BCUT2D eigenvalue weighted by Crippen LogP contribution is 2.30. The van der Waals surface area contributed by atoms with Crippen molar-refractivity contribution in [3.8, 4) is 0 Å². The van der Waals surface area contributed by atoms with Crippen molar-refractivity contribution >= 4 is 5.91 Å². The summed E-state index contributed by atoms with van der Waals surface area (Å²) in [6, 6.07) is 0. The standard InChI is InChI=1S/C14H22N4O/c1-10-13(11(2)16-15-10)14(19)18-7-5-17(6-8-18)9-12-3-4-12/h12H,3-9H2,1-2H3,(H,15,16). The number of nitrogens with zero attached hydrogens (tertiary/aromatic N) is 3. The predicted molar refractivity (Wildman–Crippen MR) is 73.1 cm³/mol. The predicted octanol–water partition coefficient (Wildman–Crippen LogP) is 1.19. The summed E-state index contributed by atoms with van der Waals surface area (Å²) in [6.07, 6.45) is 2.79. The number of amides is 1. The largest absolute Gasteiger partial charge is 0.336 e. The molecule has 2 fully saturated rings. The fraction of sp³-hybridized carbons (Fsp3) is 0.714. The van der Waals surface area contributed by atoms with Crippen LogP contribution in [-0.2, 0) is 0 Å². The van der Waals surface area contributed by atoms with Gasteiger partial charge in [-0.15, -0.1) is 0 Å². The van der Waals surface area contributed by atoms with Crippen molar-refractivity contribution in [3.63, 3.8) is 0 Å². The Morgan fingerprint density at radius 3 is 2.47 bits per heavy atom. The van der Waals surface area contributed by atoms with Crippen molar-refractivity contribution in [2.75, 3.05) is 32.7 Å². The van der Waals surface area contributed by atoms with E-state index in [1.165, 1.54) is 19.4 Å². The molecule has 1 N–H and O–H groups in total. The molecule has 1 aliphatic heterocycles. The summed E-state index contributed by atoms with van der Waals surface area (Å²) in [5.41, 5.74) is 2.45. The Bertz CT molecular complexity index is 450. The molecule has 5 heteroatoms. The Hall–Kier alpha value is -1.36. The second-order valence-electron chi connectivity index (χ2n) is 5.85. The molecule has 1 saturated carbocycles. The van der Waals surface area contributed by atoms with Crippen molar-refractivity contribution in [1.29, 1.82) is 0 Å². The molecule has 2 aliphatic rings. The highest BCUT2D eigenvalue weighted by atomic mass is 16.2. The number of carbonyl (C=O) groups excluding carboxylic acids is 1. The molecule has 1 saturated heterocycles. The van der Waals surface area contributed by atoms with E-state index in [0.29, 0.717) is 0 Å². The number of rotatable bonds is 3. The van der Waals surface area contributed by atoms with E-state index in [1.807, 2.05) is 18.7 Å². The van der Waals surface area contributed by atoms with Gasteiger partial charge in [-0.25, -0.2) is 0 Å². The molecule has 2 heterocycles. The number of hydrogen-bond donors (Lipinski definition) is 1. The third kappa shape index (κ3) is 2.66. The van der Waals surface area contributed by atoms with Crippen LogP contribution in [0.2, 0.25) is 0 Å². The first-order valence-corrected chi connectivity index (χ1v) is 7.18. The van der Waals surface area contributed by atoms with Crippen molar-refractivity contribution < 1.29 is 4.79 Å².